The van der Waals surface area contributed by atoms with Crippen LogP contribution in [0.2, 0.25) is 0 Å². The molecule has 0 unspecified atom stereocenters. The molecule has 0 aromatic carbocycles. The molecule has 0 atom stereocenters. The van der Waals surface area contributed by atoms with Crippen molar-refractivity contribution in [3.8, 4) is 0 Å². The van der Waals surface area contributed by atoms with E-state index in [1.807, 2.05) is 0 Å². The van der Waals surface area contributed by atoms with E-state index >= 15 is 0 Å². The van der Waals surface area contributed by atoms with Crippen molar-refractivity contribution < 1.29 is 14.7 Å². The minimum atomic E-state index is -1.08. The Morgan fingerprint density at radius 3 is 3.00 bits per heavy atom. The van der Waals surface area contributed by atoms with Crippen LogP contribution >= 0.6 is 11.3 Å². The molecule has 2 heterocycles. The summed E-state index contributed by atoms with van der Waals surface area (Å²) in [5, 5.41) is 21.9. The molecule has 0 fully saturated rings. The first-order valence-electron chi connectivity index (χ1n) is 4.86. The highest BCUT2D eigenvalue weighted by atomic mass is 32.1. The molecular formula is C9H9N5O3S. The molecular weight excluding hydrogens is 258 g/mol. The lowest BCUT2D eigenvalue weighted by Gasteiger charge is -2.05. The highest BCUT2D eigenvalue weighted by molar-refractivity contribution is 7.14. The molecule has 2 aromatic rings. The van der Waals surface area contributed by atoms with Gasteiger partial charge in [0.2, 0.25) is 0 Å². The first-order chi connectivity index (χ1) is 8.66. The molecule has 0 saturated carbocycles. The molecule has 2 amide bonds. The quantitative estimate of drug-likeness (QED) is 0.655. The number of rotatable bonds is 4. The number of nitrogens with one attached hydrogen (secondary N) is 3. The van der Waals surface area contributed by atoms with Gasteiger partial charge in [-0.3, -0.25) is 10.4 Å². The van der Waals surface area contributed by atoms with Gasteiger partial charge in [-0.1, -0.05) is 0 Å². The third-order valence-electron chi connectivity index (χ3n) is 2.00. The molecule has 0 aliphatic carbocycles. The fourth-order valence-corrected chi connectivity index (χ4v) is 1.98. The van der Waals surface area contributed by atoms with E-state index in [0.717, 1.165) is 11.3 Å². The molecule has 4 N–H and O–H groups in total. The second-order valence-electron chi connectivity index (χ2n) is 3.21. The van der Waals surface area contributed by atoms with Crippen LogP contribution in [0.3, 0.4) is 0 Å². The lowest BCUT2D eigenvalue weighted by Crippen LogP contribution is -2.28. The third kappa shape index (κ3) is 2.83. The number of carboxylic acid groups (broad SMARTS) is 1. The maximum atomic E-state index is 11.5. The zero-order valence-corrected chi connectivity index (χ0v) is 9.82. The molecule has 0 bridgehead atoms. The lowest BCUT2D eigenvalue weighted by molar-refractivity contribution is 0.0698. The average Bonchev–Trinajstić information content (AvgIpc) is 2.96. The number of carbonyl (C=O) groups is 2. The van der Waals surface area contributed by atoms with Crippen LogP contribution in [-0.2, 0) is 6.54 Å². The number of carboxylic acids is 1. The topological polar surface area (TPSA) is 120 Å². The zero-order chi connectivity index (χ0) is 13.0. The molecule has 8 nitrogen and oxygen atoms in total. The smallest absolute Gasteiger partial charge is 0.338 e. The van der Waals surface area contributed by atoms with Crippen molar-refractivity contribution in [3.63, 3.8) is 0 Å². The summed E-state index contributed by atoms with van der Waals surface area (Å²) in [7, 11) is 0. The molecule has 0 radical (unpaired) electrons. The number of nitrogens with zero attached hydrogens (tertiary/aromatic N) is 2. The summed E-state index contributed by atoms with van der Waals surface area (Å²) in [5.41, 5.74) is 0.0646. The average molecular weight is 267 g/mol. The van der Waals surface area contributed by atoms with Crippen LogP contribution in [0.4, 0.5) is 9.80 Å². The van der Waals surface area contributed by atoms with Crippen molar-refractivity contribution in [1.82, 2.24) is 20.5 Å². The van der Waals surface area contributed by atoms with Crippen LogP contribution in [0.1, 0.15) is 16.2 Å². The normalized spacial score (nSPS) is 10.0. The first-order valence-corrected chi connectivity index (χ1v) is 5.74. The Hall–Kier alpha value is -2.42. The summed E-state index contributed by atoms with van der Waals surface area (Å²) in [6.45, 7) is 0.180. The number of H-pyrrole nitrogens is 1. The number of urea groups is 1. The SMILES string of the molecule is O=C(NCc1ncn[nH]1)Nc1sccc1C(=O)O. The van der Waals surface area contributed by atoms with E-state index in [0.29, 0.717) is 5.82 Å². The van der Waals surface area contributed by atoms with Gasteiger partial charge in [-0.05, 0) is 11.4 Å². The highest BCUT2D eigenvalue weighted by Crippen LogP contribution is 2.22. The molecule has 0 aliphatic heterocycles. The van der Waals surface area contributed by atoms with E-state index in [4.69, 9.17) is 5.11 Å². The van der Waals surface area contributed by atoms with Gasteiger partial charge in [-0.25, -0.2) is 14.6 Å². The Balaban J connectivity index is 1.91. The Bertz CT molecular complexity index is 550. The van der Waals surface area contributed by atoms with Crippen LogP contribution in [0, 0.1) is 0 Å². The number of aromatic amines is 1. The molecule has 2 aromatic heterocycles. The van der Waals surface area contributed by atoms with Crippen LogP contribution in [0.25, 0.3) is 0 Å². The van der Waals surface area contributed by atoms with Crippen molar-refractivity contribution >= 4 is 28.3 Å². The van der Waals surface area contributed by atoms with Gasteiger partial charge >= 0.3 is 12.0 Å². The van der Waals surface area contributed by atoms with E-state index in [2.05, 4.69) is 25.8 Å². The highest BCUT2D eigenvalue weighted by Gasteiger charge is 2.13. The summed E-state index contributed by atoms with van der Waals surface area (Å²) < 4.78 is 0. The number of aromatic carboxylic acids is 1. The van der Waals surface area contributed by atoms with Gasteiger partial charge in [-0.15, -0.1) is 11.3 Å². The maximum Gasteiger partial charge on any atom is 0.338 e. The Morgan fingerprint density at radius 1 is 1.50 bits per heavy atom. The second-order valence-corrected chi connectivity index (χ2v) is 4.12. The van der Waals surface area contributed by atoms with Crippen molar-refractivity contribution in [2.75, 3.05) is 5.32 Å². The molecule has 18 heavy (non-hydrogen) atoms. The van der Waals surface area contributed by atoms with Crippen LogP contribution in [0.15, 0.2) is 17.8 Å². The Kier molecular flexibility index (Phi) is 3.53. The number of aromatic nitrogens is 3. The van der Waals surface area contributed by atoms with Gasteiger partial charge < -0.3 is 10.4 Å². The second kappa shape index (κ2) is 5.27. The van der Waals surface area contributed by atoms with E-state index in [9.17, 15) is 9.59 Å². The van der Waals surface area contributed by atoms with Gasteiger partial charge in [0.15, 0.2) is 0 Å². The summed E-state index contributed by atoms with van der Waals surface area (Å²) in [5.74, 6) is -0.573. The van der Waals surface area contributed by atoms with E-state index in [1.165, 1.54) is 12.4 Å². The minimum absolute atomic E-state index is 0.0646. The Morgan fingerprint density at radius 2 is 2.33 bits per heavy atom. The number of hydrogen-bond acceptors (Lipinski definition) is 5. The zero-order valence-electron chi connectivity index (χ0n) is 9.01. The van der Waals surface area contributed by atoms with Crippen LogP contribution < -0.4 is 10.6 Å². The number of amides is 2. The predicted molar refractivity (Wildman–Crippen MR) is 63.5 cm³/mol. The van der Waals surface area contributed by atoms with Crippen LogP contribution in [0.5, 0.6) is 0 Å². The maximum absolute atomic E-state index is 11.5. The van der Waals surface area contributed by atoms with Crippen LogP contribution in [-0.4, -0.2) is 32.3 Å². The van der Waals surface area contributed by atoms with Gasteiger partial charge in [0.05, 0.1) is 12.1 Å². The fourth-order valence-electron chi connectivity index (χ4n) is 1.20. The van der Waals surface area contributed by atoms with E-state index in [1.54, 1.807) is 5.38 Å². The minimum Gasteiger partial charge on any atom is -0.478 e. The molecule has 2 rings (SSSR count). The number of hydrogen-bond donors (Lipinski definition) is 4. The van der Waals surface area contributed by atoms with E-state index in [-0.39, 0.29) is 17.1 Å². The fraction of sp³-hybridized carbons (Fsp3) is 0.111. The van der Waals surface area contributed by atoms with Crippen molar-refractivity contribution in [1.29, 1.82) is 0 Å². The number of thiophene rings is 1. The third-order valence-corrected chi connectivity index (χ3v) is 2.83. The van der Waals surface area contributed by atoms with Gasteiger partial charge in [0.1, 0.15) is 17.2 Å². The number of carbonyl (C=O) groups excluding carboxylic acids is 1. The first kappa shape index (κ1) is 12.0. The monoisotopic (exact) mass is 267 g/mol. The van der Waals surface area contributed by atoms with E-state index < -0.39 is 12.0 Å². The predicted octanol–water partition coefficient (Wildman–Crippen LogP) is 0.886. The molecule has 9 heteroatoms. The molecule has 0 saturated heterocycles. The van der Waals surface area contributed by atoms with Gasteiger partial charge in [-0.2, -0.15) is 5.10 Å². The number of anilines is 1. The molecule has 94 valence electrons. The standard InChI is InChI=1S/C9H9N5O3S/c15-8(16)5-1-2-18-7(5)13-9(17)10-3-6-11-4-12-14-6/h1-2,4H,3H2,(H,15,16)(H2,10,13,17)(H,11,12,14). The summed E-state index contributed by atoms with van der Waals surface area (Å²) >= 11 is 1.14. The van der Waals surface area contributed by atoms with Crippen molar-refractivity contribution in [2.45, 2.75) is 6.54 Å². The summed E-state index contributed by atoms with van der Waals surface area (Å²) in [6.07, 6.45) is 1.33. The Labute approximate surface area is 105 Å². The molecule has 0 spiro atoms. The van der Waals surface area contributed by atoms with Crippen molar-refractivity contribution in [3.05, 3.63) is 29.2 Å². The summed E-state index contributed by atoms with van der Waals surface area (Å²) in [6, 6.07) is 0.926. The largest absolute Gasteiger partial charge is 0.478 e. The molecule has 0 aliphatic rings. The van der Waals surface area contributed by atoms with Gasteiger partial charge in [0.25, 0.3) is 0 Å². The lowest BCUT2D eigenvalue weighted by atomic mass is 10.3. The van der Waals surface area contributed by atoms with Crippen molar-refractivity contribution in [2.24, 2.45) is 0 Å². The van der Waals surface area contributed by atoms with Gasteiger partial charge in [0, 0.05) is 0 Å². The summed E-state index contributed by atoms with van der Waals surface area (Å²) in [4.78, 5) is 26.2.